The molecule has 1 aliphatic carbocycles. The fourth-order valence-corrected chi connectivity index (χ4v) is 2.53. The first-order valence-electron chi connectivity index (χ1n) is 5.42. The molecule has 0 aromatic heterocycles. The first-order chi connectivity index (χ1) is 6.43. The molecule has 82 valence electrons. The lowest BCUT2D eigenvalue weighted by Gasteiger charge is -2.33. The Morgan fingerprint density at radius 3 is 2.43 bits per heavy atom. The summed E-state index contributed by atoms with van der Waals surface area (Å²) in [7, 11) is 0. The van der Waals surface area contributed by atoms with Crippen molar-refractivity contribution in [2.75, 3.05) is 0 Å². The van der Waals surface area contributed by atoms with Crippen molar-refractivity contribution in [1.29, 1.82) is 0 Å². The van der Waals surface area contributed by atoms with Crippen LogP contribution in [0.5, 0.6) is 0 Å². The fourth-order valence-electron chi connectivity index (χ4n) is 2.53. The van der Waals surface area contributed by atoms with Crippen LogP contribution in [0.15, 0.2) is 0 Å². The summed E-state index contributed by atoms with van der Waals surface area (Å²) in [6.07, 6.45) is 5.64. The van der Waals surface area contributed by atoms with E-state index in [1.165, 1.54) is 25.7 Å². The fraction of sp³-hybridized carbons (Fsp3) is 0.909. The van der Waals surface area contributed by atoms with Crippen molar-refractivity contribution in [1.82, 2.24) is 0 Å². The molecule has 3 N–H and O–H groups in total. The first-order valence-corrected chi connectivity index (χ1v) is 5.42. The summed E-state index contributed by atoms with van der Waals surface area (Å²) in [6, 6.07) is -0.703. The number of carboxylic acid groups (broad SMARTS) is 1. The van der Waals surface area contributed by atoms with Crippen molar-refractivity contribution in [3.05, 3.63) is 0 Å². The molecule has 0 heterocycles. The molecule has 3 heteroatoms. The normalized spacial score (nSPS) is 21.1. The highest BCUT2D eigenvalue weighted by Crippen LogP contribution is 2.42. The highest BCUT2D eigenvalue weighted by Gasteiger charge is 2.34. The monoisotopic (exact) mass is 199 g/mol. The Labute approximate surface area is 85.7 Å². The topological polar surface area (TPSA) is 63.3 Å². The highest BCUT2D eigenvalue weighted by molar-refractivity contribution is 5.73. The van der Waals surface area contributed by atoms with Crippen LogP contribution in [-0.2, 0) is 4.79 Å². The van der Waals surface area contributed by atoms with Crippen LogP contribution in [0.3, 0.4) is 0 Å². The Morgan fingerprint density at radius 2 is 2.00 bits per heavy atom. The van der Waals surface area contributed by atoms with Crippen molar-refractivity contribution < 1.29 is 9.90 Å². The molecule has 0 bridgehead atoms. The van der Waals surface area contributed by atoms with E-state index in [4.69, 9.17) is 10.8 Å². The van der Waals surface area contributed by atoms with Crippen LogP contribution in [0.2, 0.25) is 0 Å². The number of hydrogen-bond acceptors (Lipinski definition) is 2. The van der Waals surface area contributed by atoms with Crippen LogP contribution >= 0.6 is 0 Å². The smallest absolute Gasteiger partial charge is 0.320 e. The van der Waals surface area contributed by atoms with E-state index in [0.29, 0.717) is 12.3 Å². The van der Waals surface area contributed by atoms with Crippen LogP contribution in [0, 0.1) is 11.3 Å². The number of nitrogens with two attached hydrogens (primary N) is 1. The van der Waals surface area contributed by atoms with E-state index in [-0.39, 0.29) is 5.41 Å². The number of carbonyl (C=O) groups is 1. The summed E-state index contributed by atoms with van der Waals surface area (Å²) in [5, 5.41) is 8.76. The quantitative estimate of drug-likeness (QED) is 0.728. The average Bonchev–Trinajstić information content (AvgIpc) is 2.54. The van der Waals surface area contributed by atoms with Gasteiger partial charge < -0.3 is 10.8 Å². The summed E-state index contributed by atoms with van der Waals surface area (Å²) in [5.74, 6) is -0.219. The van der Waals surface area contributed by atoms with Crippen molar-refractivity contribution in [2.24, 2.45) is 17.1 Å². The number of carboxylic acids is 1. The van der Waals surface area contributed by atoms with Gasteiger partial charge in [0.25, 0.3) is 0 Å². The molecule has 1 atom stereocenters. The Balaban J connectivity index is 2.51. The molecule has 1 aliphatic rings. The summed E-state index contributed by atoms with van der Waals surface area (Å²) >= 11 is 0. The van der Waals surface area contributed by atoms with Crippen LogP contribution in [-0.4, -0.2) is 17.1 Å². The lowest BCUT2D eigenvalue weighted by atomic mass is 9.73. The molecule has 1 fully saturated rings. The third-order valence-corrected chi connectivity index (χ3v) is 3.52. The molecule has 0 aliphatic heterocycles. The van der Waals surface area contributed by atoms with Crippen LogP contribution in [0.1, 0.15) is 46.0 Å². The molecule has 0 aromatic rings. The lowest BCUT2D eigenvalue weighted by molar-refractivity contribution is -0.139. The minimum absolute atomic E-state index is 0.0777. The molecule has 3 nitrogen and oxygen atoms in total. The van der Waals surface area contributed by atoms with E-state index in [2.05, 4.69) is 13.8 Å². The van der Waals surface area contributed by atoms with E-state index >= 15 is 0 Å². The average molecular weight is 199 g/mol. The Bertz CT molecular complexity index is 207. The summed E-state index contributed by atoms with van der Waals surface area (Å²) in [5.41, 5.74) is 5.65. The van der Waals surface area contributed by atoms with Crippen LogP contribution < -0.4 is 5.73 Å². The minimum Gasteiger partial charge on any atom is -0.480 e. The highest BCUT2D eigenvalue weighted by atomic mass is 16.4. The third-order valence-electron chi connectivity index (χ3n) is 3.52. The summed E-state index contributed by atoms with van der Waals surface area (Å²) in [4.78, 5) is 10.7. The summed E-state index contributed by atoms with van der Waals surface area (Å²) < 4.78 is 0. The van der Waals surface area contributed by atoms with E-state index < -0.39 is 12.0 Å². The molecular weight excluding hydrogens is 178 g/mol. The standard InChI is InChI=1S/C11H21NO2/c1-11(2,7-9(12)10(13)14)8-5-3-4-6-8/h8-9H,3-7,12H2,1-2H3,(H,13,14). The zero-order valence-electron chi connectivity index (χ0n) is 9.12. The number of aliphatic carboxylic acids is 1. The van der Waals surface area contributed by atoms with Gasteiger partial charge in [-0.3, -0.25) is 4.79 Å². The van der Waals surface area contributed by atoms with Crippen LogP contribution in [0.25, 0.3) is 0 Å². The van der Waals surface area contributed by atoms with Gasteiger partial charge in [0.2, 0.25) is 0 Å². The van der Waals surface area contributed by atoms with Gasteiger partial charge in [-0.15, -0.1) is 0 Å². The zero-order chi connectivity index (χ0) is 10.8. The largest absolute Gasteiger partial charge is 0.480 e. The molecular formula is C11H21NO2. The van der Waals surface area contributed by atoms with Gasteiger partial charge in [0.15, 0.2) is 0 Å². The maximum atomic E-state index is 10.7. The van der Waals surface area contributed by atoms with Gasteiger partial charge in [0.05, 0.1) is 0 Å². The maximum absolute atomic E-state index is 10.7. The predicted octanol–water partition coefficient (Wildman–Crippen LogP) is 2.00. The molecule has 1 unspecified atom stereocenters. The van der Waals surface area contributed by atoms with E-state index in [1.54, 1.807) is 0 Å². The Morgan fingerprint density at radius 1 is 1.50 bits per heavy atom. The van der Waals surface area contributed by atoms with Crippen molar-refractivity contribution in [2.45, 2.75) is 52.0 Å². The summed E-state index contributed by atoms with van der Waals surface area (Å²) in [6.45, 7) is 4.29. The number of hydrogen-bond donors (Lipinski definition) is 2. The van der Waals surface area contributed by atoms with Crippen LogP contribution in [0.4, 0.5) is 0 Å². The second kappa shape index (κ2) is 4.30. The van der Waals surface area contributed by atoms with Gasteiger partial charge in [0.1, 0.15) is 6.04 Å². The second-order valence-electron chi connectivity index (χ2n) is 5.12. The molecule has 0 spiro atoms. The molecule has 1 saturated carbocycles. The minimum atomic E-state index is -0.879. The SMILES string of the molecule is CC(C)(CC(N)C(=O)O)C1CCCC1. The van der Waals surface area contributed by atoms with E-state index in [9.17, 15) is 4.79 Å². The first kappa shape index (κ1) is 11.5. The van der Waals surface area contributed by atoms with Crippen molar-refractivity contribution in [3.8, 4) is 0 Å². The molecule has 1 rings (SSSR count). The molecule has 14 heavy (non-hydrogen) atoms. The Hall–Kier alpha value is -0.570. The molecule has 0 aromatic carbocycles. The predicted molar refractivity (Wildman–Crippen MR) is 56.0 cm³/mol. The lowest BCUT2D eigenvalue weighted by Crippen LogP contribution is -2.37. The van der Waals surface area contributed by atoms with Gasteiger partial charge in [-0.2, -0.15) is 0 Å². The molecule has 0 saturated heterocycles. The van der Waals surface area contributed by atoms with Gasteiger partial charge in [0, 0.05) is 0 Å². The Kier molecular flexibility index (Phi) is 3.53. The zero-order valence-corrected chi connectivity index (χ0v) is 9.12. The van der Waals surface area contributed by atoms with Gasteiger partial charge in [-0.25, -0.2) is 0 Å². The number of rotatable bonds is 4. The van der Waals surface area contributed by atoms with Gasteiger partial charge in [-0.1, -0.05) is 26.7 Å². The second-order valence-corrected chi connectivity index (χ2v) is 5.12. The van der Waals surface area contributed by atoms with E-state index in [1.807, 2.05) is 0 Å². The molecule has 0 amide bonds. The van der Waals surface area contributed by atoms with Gasteiger partial charge in [-0.05, 0) is 30.6 Å². The van der Waals surface area contributed by atoms with Gasteiger partial charge >= 0.3 is 5.97 Å². The molecule has 0 radical (unpaired) electrons. The maximum Gasteiger partial charge on any atom is 0.320 e. The third kappa shape index (κ3) is 2.71. The van der Waals surface area contributed by atoms with Crippen molar-refractivity contribution in [3.63, 3.8) is 0 Å². The van der Waals surface area contributed by atoms with Crippen molar-refractivity contribution >= 4 is 5.97 Å². The van der Waals surface area contributed by atoms with E-state index in [0.717, 1.165) is 0 Å².